The summed E-state index contributed by atoms with van der Waals surface area (Å²) >= 11 is 0. The van der Waals surface area contributed by atoms with Crippen molar-refractivity contribution in [3.8, 4) is 22.5 Å². The summed E-state index contributed by atoms with van der Waals surface area (Å²) in [4.78, 5) is 8.50. The maximum absolute atomic E-state index is 5.48. The third kappa shape index (κ3) is 3.02. The van der Waals surface area contributed by atoms with Gasteiger partial charge in [0, 0.05) is 16.8 Å². The highest BCUT2D eigenvalue weighted by atomic mass is 16.3. The molecule has 1 aromatic carbocycles. The third-order valence-electron chi connectivity index (χ3n) is 3.44. The van der Waals surface area contributed by atoms with Crippen molar-refractivity contribution in [2.75, 3.05) is 0 Å². The summed E-state index contributed by atoms with van der Waals surface area (Å²) in [5.74, 6) is 0.755. The van der Waals surface area contributed by atoms with Crippen LogP contribution in [0.2, 0.25) is 0 Å². The lowest BCUT2D eigenvalue weighted by Gasteiger charge is -2.09. The maximum atomic E-state index is 5.48. The van der Waals surface area contributed by atoms with E-state index in [0.717, 1.165) is 47.4 Å². The smallest absolute Gasteiger partial charge is 0.181 e. The number of pyridine rings is 1. The molecule has 0 aliphatic heterocycles. The van der Waals surface area contributed by atoms with Gasteiger partial charge in [0.05, 0.1) is 12.4 Å². The summed E-state index contributed by atoms with van der Waals surface area (Å²) in [5.41, 5.74) is 4.08. The van der Waals surface area contributed by atoms with Crippen molar-refractivity contribution in [3.63, 3.8) is 0 Å². The number of benzene rings is 1. The van der Waals surface area contributed by atoms with Gasteiger partial charge in [-0.25, -0.2) is 4.98 Å². The van der Waals surface area contributed by atoms with Gasteiger partial charge < -0.3 is 4.42 Å². The molecular weight excluding hydrogens is 260 g/mol. The molecule has 1 radical (unpaired) electrons. The molecule has 3 heteroatoms. The van der Waals surface area contributed by atoms with Crippen LogP contribution in [0.1, 0.15) is 25.5 Å². The van der Waals surface area contributed by atoms with E-state index in [2.05, 4.69) is 41.3 Å². The second kappa shape index (κ2) is 6.35. The van der Waals surface area contributed by atoms with Crippen LogP contribution in [-0.2, 0) is 6.42 Å². The first-order chi connectivity index (χ1) is 10.4. The summed E-state index contributed by atoms with van der Waals surface area (Å²) in [7, 11) is 0. The molecule has 0 fully saturated rings. The first kappa shape index (κ1) is 13.6. The largest absolute Gasteiger partial charge is 0.443 e. The second-order valence-electron chi connectivity index (χ2n) is 4.98. The van der Waals surface area contributed by atoms with Gasteiger partial charge in [-0.3, -0.25) is 4.98 Å². The molecule has 0 unspecified atom stereocenters. The zero-order chi connectivity index (χ0) is 14.5. The fraction of sp³-hybridized carbons (Fsp3) is 0.222. The minimum Gasteiger partial charge on any atom is -0.443 e. The molecule has 0 N–H and O–H groups in total. The zero-order valence-corrected chi connectivity index (χ0v) is 12.0. The van der Waals surface area contributed by atoms with E-state index in [-0.39, 0.29) is 0 Å². The molecular formula is C18H17N2O. The molecule has 0 saturated heterocycles. The molecule has 105 valence electrons. The van der Waals surface area contributed by atoms with Crippen LogP contribution < -0.4 is 0 Å². The Hall–Kier alpha value is -2.42. The molecule has 0 saturated carbocycles. The predicted molar refractivity (Wildman–Crippen MR) is 82.6 cm³/mol. The summed E-state index contributed by atoms with van der Waals surface area (Å²) in [5, 5.41) is 0. The Morgan fingerprint density at radius 1 is 1.19 bits per heavy atom. The van der Waals surface area contributed by atoms with Gasteiger partial charge >= 0.3 is 0 Å². The molecule has 2 aromatic heterocycles. The monoisotopic (exact) mass is 277 g/mol. The summed E-state index contributed by atoms with van der Waals surface area (Å²) in [6, 6.07) is 12.2. The number of hydrogen-bond donors (Lipinski definition) is 0. The van der Waals surface area contributed by atoms with E-state index >= 15 is 0 Å². The van der Waals surface area contributed by atoms with E-state index in [1.807, 2.05) is 18.2 Å². The van der Waals surface area contributed by atoms with Crippen molar-refractivity contribution in [1.82, 2.24) is 9.97 Å². The van der Waals surface area contributed by atoms with E-state index in [1.54, 1.807) is 6.20 Å². The van der Waals surface area contributed by atoms with Crippen molar-refractivity contribution in [3.05, 3.63) is 60.9 Å². The van der Waals surface area contributed by atoms with Crippen molar-refractivity contribution in [2.24, 2.45) is 0 Å². The minimum atomic E-state index is 0.755. The number of rotatable bonds is 5. The molecule has 0 bridgehead atoms. The Morgan fingerprint density at radius 2 is 2.05 bits per heavy atom. The first-order valence-corrected chi connectivity index (χ1v) is 7.24. The van der Waals surface area contributed by atoms with Gasteiger partial charge in [-0.1, -0.05) is 43.7 Å². The van der Waals surface area contributed by atoms with E-state index in [9.17, 15) is 0 Å². The Labute approximate surface area is 124 Å². The molecule has 0 atom stereocenters. The van der Waals surface area contributed by atoms with Crippen molar-refractivity contribution in [1.29, 1.82) is 0 Å². The van der Waals surface area contributed by atoms with Crippen LogP contribution in [0.15, 0.2) is 53.4 Å². The molecule has 3 nitrogen and oxygen atoms in total. The third-order valence-corrected chi connectivity index (χ3v) is 3.44. The summed E-state index contributed by atoms with van der Waals surface area (Å²) in [6.45, 7) is 2.18. The van der Waals surface area contributed by atoms with Crippen LogP contribution in [0.3, 0.4) is 0 Å². The first-order valence-electron chi connectivity index (χ1n) is 7.24. The van der Waals surface area contributed by atoms with Crippen molar-refractivity contribution < 1.29 is 4.42 Å². The fourth-order valence-electron chi connectivity index (χ4n) is 2.31. The molecule has 3 rings (SSSR count). The lowest BCUT2D eigenvalue weighted by Crippen LogP contribution is -1.94. The molecule has 2 heterocycles. The number of hydrogen-bond acceptors (Lipinski definition) is 3. The van der Waals surface area contributed by atoms with Gasteiger partial charge in [0.1, 0.15) is 0 Å². The lowest BCUT2D eigenvalue weighted by atomic mass is 9.99. The highest BCUT2D eigenvalue weighted by molar-refractivity contribution is 5.80. The zero-order valence-electron chi connectivity index (χ0n) is 12.0. The highest BCUT2D eigenvalue weighted by Crippen LogP contribution is 2.31. The van der Waals surface area contributed by atoms with Crippen LogP contribution in [0, 0.1) is 6.20 Å². The average Bonchev–Trinajstić information content (AvgIpc) is 3.08. The fourth-order valence-corrected chi connectivity index (χ4v) is 2.31. The molecule has 3 aromatic rings. The Kier molecular flexibility index (Phi) is 4.10. The summed E-state index contributed by atoms with van der Waals surface area (Å²) in [6.07, 6.45) is 9.61. The van der Waals surface area contributed by atoms with Crippen LogP contribution in [0.5, 0.6) is 0 Å². The predicted octanol–water partition coefficient (Wildman–Crippen LogP) is 4.55. The topological polar surface area (TPSA) is 38.9 Å². The average molecular weight is 277 g/mol. The standard InChI is InChI=1S/C18H17N2O/c1-2-3-9-15-10-16(18-12-19-13-21-18)17(11-20-15)14-7-5-4-6-8-14/h4-8,10,12-13H,2-3,9H2,1H3. The van der Waals surface area contributed by atoms with Gasteiger partial charge in [0.2, 0.25) is 0 Å². The molecule has 0 spiro atoms. The van der Waals surface area contributed by atoms with Crippen molar-refractivity contribution in [2.45, 2.75) is 26.2 Å². The number of aryl methyl sites for hydroxylation is 1. The van der Waals surface area contributed by atoms with Gasteiger partial charge in [0.15, 0.2) is 12.2 Å². The van der Waals surface area contributed by atoms with Crippen LogP contribution in [0.4, 0.5) is 0 Å². The second-order valence-corrected chi connectivity index (χ2v) is 4.98. The van der Waals surface area contributed by atoms with E-state index in [0.29, 0.717) is 0 Å². The number of nitrogens with zero attached hydrogens (tertiary/aromatic N) is 2. The number of oxazole rings is 1. The normalized spacial score (nSPS) is 10.7. The lowest BCUT2D eigenvalue weighted by molar-refractivity contribution is 0.572. The van der Waals surface area contributed by atoms with Gasteiger partial charge in [-0.05, 0) is 24.5 Å². The van der Waals surface area contributed by atoms with Crippen LogP contribution >= 0.6 is 0 Å². The quantitative estimate of drug-likeness (QED) is 0.687. The Bertz CT molecular complexity index is 691. The number of unbranched alkanes of at least 4 members (excludes halogenated alkanes) is 1. The van der Waals surface area contributed by atoms with E-state index in [1.165, 1.54) is 6.39 Å². The van der Waals surface area contributed by atoms with Gasteiger partial charge in [-0.2, -0.15) is 0 Å². The van der Waals surface area contributed by atoms with Crippen LogP contribution in [0.25, 0.3) is 22.5 Å². The SMILES string of the molecule is CCCCc1cc(-c2cnco2)c(-c2ccccc2)[c]n1. The number of aromatic nitrogens is 2. The van der Waals surface area contributed by atoms with Crippen molar-refractivity contribution >= 4 is 0 Å². The van der Waals surface area contributed by atoms with Gasteiger partial charge in [-0.15, -0.1) is 0 Å². The Balaban J connectivity index is 2.07. The van der Waals surface area contributed by atoms with E-state index in [4.69, 9.17) is 4.42 Å². The molecule has 21 heavy (non-hydrogen) atoms. The Morgan fingerprint density at radius 3 is 2.76 bits per heavy atom. The van der Waals surface area contributed by atoms with E-state index < -0.39 is 0 Å². The van der Waals surface area contributed by atoms with Crippen LogP contribution in [-0.4, -0.2) is 9.97 Å². The minimum absolute atomic E-state index is 0.755. The molecule has 0 aliphatic rings. The molecule has 0 amide bonds. The summed E-state index contributed by atoms with van der Waals surface area (Å²) < 4.78 is 5.48. The molecule has 0 aliphatic carbocycles. The maximum Gasteiger partial charge on any atom is 0.181 e. The highest BCUT2D eigenvalue weighted by Gasteiger charge is 2.12. The van der Waals surface area contributed by atoms with Gasteiger partial charge in [0.25, 0.3) is 0 Å².